The van der Waals surface area contributed by atoms with E-state index in [0.717, 1.165) is 0 Å². The predicted molar refractivity (Wildman–Crippen MR) is 74.7 cm³/mol. The molecule has 100 valence electrons. The zero-order valence-electron chi connectivity index (χ0n) is 9.78. The van der Waals surface area contributed by atoms with Crippen LogP contribution in [0.4, 0.5) is 5.82 Å². The minimum atomic E-state index is -0.238. The van der Waals surface area contributed by atoms with Gasteiger partial charge in [0.2, 0.25) is 5.91 Å². The standard InChI is InChI=1S/C10H9Cl2N5OS/c1-5-6(11)2-7(12)9(15-5)16-8(18)3-19-10-13-4-14-17-10/h2,4H,3H2,1H3,(H,13,14,17)(H,15,16,18). The summed E-state index contributed by atoms with van der Waals surface area (Å²) >= 11 is 13.0. The van der Waals surface area contributed by atoms with Crippen molar-refractivity contribution in [2.45, 2.75) is 12.1 Å². The lowest BCUT2D eigenvalue weighted by atomic mass is 10.3. The van der Waals surface area contributed by atoms with Gasteiger partial charge in [-0.1, -0.05) is 35.0 Å². The molecule has 0 spiro atoms. The van der Waals surface area contributed by atoms with Gasteiger partial charge in [0, 0.05) is 0 Å². The van der Waals surface area contributed by atoms with Gasteiger partial charge >= 0.3 is 0 Å². The van der Waals surface area contributed by atoms with Gasteiger partial charge in [-0.3, -0.25) is 9.89 Å². The van der Waals surface area contributed by atoms with Crippen LogP contribution in [0.25, 0.3) is 0 Å². The number of nitrogens with zero attached hydrogens (tertiary/aromatic N) is 3. The number of thioether (sulfide) groups is 1. The number of aromatic amines is 1. The highest BCUT2D eigenvalue weighted by Gasteiger charge is 2.11. The maximum Gasteiger partial charge on any atom is 0.236 e. The van der Waals surface area contributed by atoms with E-state index in [2.05, 4.69) is 25.5 Å². The zero-order chi connectivity index (χ0) is 13.8. The molecule has 0 unspecified atom stereocenters. The Labute approximate surface area is 123 Å². The van der Waals surface area contributed by atoms with Crippen molar-refractivity contribution in [1.29, 1.82) is 0 Å². The first-order valence-electron chi connectivity index (χ1n) is 5.17. The van der Waals surface area contributed by atoms with Crippen LogP contribution in [0.1, 0.15) is 5.69 Å². The van der Waals surface area contributed by atoms with E-state index in [4.69, 9.17) is 23.2 Å². The van der Waals surface area contributed by atoms with E-state index in [0.29, 0.717) is 26.7 Å². The van der Waals surface area contributed by atoms with E-state index >= 15 is 0 Å². The maximum atomic E-state index is 11.7. The van der Waals surface area contributed by atoms with Crippen molar-refractivity contribution in [3.8, 4) is 0 Å². The minimum absolute atomic E-state index is 0.175. The molecule has 2 rings (SSSR count). The number of pyridine rings is 1. The summed E-state index contributed by atoms with van der Waals surface area (Å²) in [5.41, 5.74) is 0.601. The van der Waals surface area contributed by atoms with Crippen molar-refractivity contribution in [3.05, 3.63) is 28.1 Å². The van der Waals surface area contributed by atoms with Crippen LogP contribution in [-0.2, 0) is 4.79 Å². The zero-order valence-corrected chi connectivity index (χ0v) is 12.1. The maximum absolute atomic E-state index is 11.7. The van der Waals surface area contributed by atoms with Crippen LogP contribution < -0.4 is 5.32 Å². The molecule has 0 radical (unpaired) electrons. The highest BCUT2D eigenvalue weighted by molar-refractivity contribution is 7.99. The Kier molecular flexibility index (Phi) is 4.62. The van der Waals surface area contributed by atoms with Crippen molar-refractivity contribution < 1.29 is 4.79 Å². The molecule has 2 aromatic rings. The van der Waals surface area contributed by atoms with Gasteiger partial charge in [-0.25, -0.2) is 9.97 Å². The average Bonchev–Trinajstić information content (AvgIpc) is 2.86. The summed E-state index contributed by atoms with van der Waals surface area (Å²) in [6.07, 6.45) is 1.38. The Hall–Kier alpha value is -1.31. The van der Waals surface area contributed by atoms with Crippen molar-refractivity contribution in [2.75, 3.05) is 11.1 Å². The lowest BCUT2D eigenvalue weighted by Crippen LogP contribution is -2.15. The predicted octanol–water partition coefficient (Wildman–Crippen LogP) is 2.55. The van der Waals surface area contributed by atoms with E-state index in [-0.39, 0.29) is 11.7 Å². The van der Waals surface area contributed by atoms with Gasteiger partial charge in [-0.05, 0) is 13.0 Å². The Balaban J connectivity index is 1.97. The molecule has 0 atom stereocenters. The number of H-pyrrole nitrogens is 1. The molecule has 0 aliphatic carbocycles. The molecule has 19 heavy (non-hydrogen) atoms. The molecule has 0 aliphatic rings. The number of hydrogen-bond donors (Lipinski definition) is 2. The molecule has 0 saturated carbocycles. The normalized spacial score (nSPS) is 10.5. The smallest absolute Gasteiger partial charge is 0.236 e. The fourth-order valence-corrected chi connectivity index (χ4v) is 2.20. The summed E-state index contributed by atoms with van der Waals surface area (Å²) in [4.78, 5) is 19.7. The number of carbonyl (C=O) groups is 1. The van der Waals surface area contributed by atoms with Crippen LogP contribution in [0.3, 0.4) is 0 Å². The fraction of sp³-hybridized carbons (Fsp3) is 0.200. The molecule has 0 aliphatic heterocycles. The second-order valence-electron chi connectivity index (χ2n) is 3.51. The molecule has 0 aromatic carbocycles. The number of halogens is 2. The number of anilines is 1. The molecule has 2 heterocycles. The van der Waals surface area contributed by atoms with Crippen LogP contribution in [0.5, 0.6) is 0 Å². The topological polar surface area (TPSA) is 83.6 Å². The van der Waals surface area contributed by atoms with Gasteiger partial charge in [0.05, 0.1) is 21.5 Å². The first-order valence-corrected chi connectivity index (χ1v) is 6.91. The van der Waals surface area contributed by atoms with Crippen LogP contribution in [0.2, 0.25) is 10.0 Å². The van der Waals surface area contributed by atoms with E-state index in [9.17, 15) is 4.79 Å². The SMILES string of the molecule is Cc1nc(NC(=O)CSc2ncn[nH]2)c(Cl)cc1Cl. The average molecular weight is 318 g/mol. The molecular formula is C10H9Cl2N5OS. The van der Waals surface area contributed by atoms with Crippen LogP contribution in [0, 0.1) is 6.92 Å². The van der Waals surface area contributed by atoms with Crippen LogP contribution in [0.15, 0.2) is 17.6 Å². The second kappa shape index (κ2) is 6.23. The Morgan fingerprint density at radius 2 is 2.26 bits per heavy atom. The highest BCUT2D eigenvalue weighted by Crippen LogP contribution is 2.25. The summed E-state index contributed by atoms with van der Waals surface area (Å²) in [7, 11) is 0. The molecule has 0 saturated heterocycles. The van der Waals surface area contributed by atoms with Crippen LogP contribution in [-0.4, -0.2) is 31.8 Å². The van der Waals surface area contributed by atoms with Gasteiger partial charge in [0.25, 0.3) is 0 Å². The molecule has 0 bridgehead atoms. The number of aromatic nitrogens is 4. The van der Waals surface area contributed by atoms with E-state index in [1.807, 2.05) is 0 Å². The molecule has 2 aromatic heterocycles. The quantitative estimate of drug-likeness (QED) is 0.847. The molecule has 9 heteroatoms. The van der Waals surface area contributed by atoms with Gasteiger partial charge in [0.15, 0.2) is 11.0 Å². The number of hydrogen-bond acceptors (Lipinski definition) is 5. The minimum Gasteiger partial charge on any atom is -0.309 e. The van der Waals surface area contributed by atoms with E-state index in [1.54, 1.807) is 13.0 Å². The Bertz CT molecular complexity index is 590. The van der Waals surface area contributed by atoms with E-state index < -0.39 is 0 Å². The second-order valence-corrected chi connectivity index (χ2v) is 5.29. The summed E-state index contributed by atoms with van der Waals surface area (Å²) in [5, 5.41) is 10.3. The monoisotopic (exact) mass is 317 g/mol. The molecule has 6 nitrogen and oxygen atoms in total. The Morgan fingerprint density at radius 1 is 1.47 bits per heavy atom. The summed E-state index contributed by atoms with van der Waals surface area (Å²) in [6, 6.07) is 1.55. The van der Waals surface area contributed by atoms with Crippen molar-refractivity contribution >= 4 is 46.7 Å². The third-order valence-electron chi connectivity index (χ3n) is 2.10. The number of nitrogens with one attached hydrogen (secondary N) is 2. The van der Waals surface area contributed by atoms with Crippen molar-refractivity contribution in [1.82, 2.24) is 20.2 Å². The third-order valence-corrected chi connectivity index (χ3v) is 3.64. The van der Waals surface area contributed by atoms with E-state index in [1.165, 1.54) is 18.1 Å². The summed E-state index contributed by atoms with van der Waals surface area (Å²) in [5.74, 6) is 0.235. The molecule has 2 N–H and O–H groups in total. The summed E-state index contributed by atoms with van der Waals surface area (Å²) < 4.78 is 0. The van der Waals surface area contributed by atoms with Gasteiger partial charge in [-0.15, -0.1) is 0 Å². The van der Waals surface area contributed by atoms with Crippen molar-refractivity contribution in [2.24, 2.45) is 0 Å². The fourth-order valence-electron chi connectivity index (χ4n) is 1.21. The molecule has 0 fully saturated rings. The lowest BCUT2D eigenvalue weighted by molar-refractivity contribution is -0.113. The molecular weight excluding hydrogens is 309 g/mol. The number of amides is 1. The van der Waals surface area contributed by atoms with Crippen molar-refractivity contribution in [3.63, 3.8) is 0 Å². The van der Waals surface area contributed by atoms with Gasteiger partial charge in [0.1, 0.15) is 6.33 Å². The summed E-state index contributed by atoms with van der Waals surface area (Å²) in [6.45, 7) is 1.73. The first-order chi connectivity index (χ1) is 9.06. The Morgan fingerprint density at radius 3 is 2.95 bits per heavy atom. The first kappa shape index (κ1) is 14.1. The van der Waals surface area contributed by atoms with Crippen LogP contribution >= 0.6 is 35.0 Å². The number of carbonyl (C=O) groups excluding carboxylic acids is 1. The number of rotatable bonds is 4. The highest BCUT2D eigenvalue weighted by atomic mass is 35.5. The number of aryl methyl sites for hydroxylation is 1. The molecule has 1 amide bonds. The van der Waals surface area contributed by atoms with Gasteiger partial charge in [-0.2, -0.15) is 5.10 Å². The van der Waals surface area contributed by atoms with Gasteiger partial charge < -0.3 is 5.32 Å². The largest absolute Gasteiger partial charge is 0.309 e. The lowest BCUT2D eigenvalue weighted by Gasteiger charge is -2.07. The third kappa shape index (κ3) is 3.82.